The zero-order valence-electron chi connectivity index (χ0n) is 17.6. The zero-order valence-corrected chi connectivity index (χ0v) is 18.4. The monoisotopic (exact) mass is 479 g/mol. The molecule has 0 aliphatic heterocycles. The number of aromatic nitrogens is 2. The van der Waals surface area contributed by atoms with Crippen molar-refractivity contribution in [3.8, 4) is 0 Å². The normalized spacial score (nSPS) is 11.3. The predicted octanol–water partition coefficient (Wildman–Crippen LogP) is 4.51. The number of esters is 2. The van der Waals surface area contributed by atoms with E-state index in [-0.39, 0.29) is 27.6 Å². The Morgan fingerprint density at radius 3 is 2.34 bits per heavy atom. The third-order valence-corrected chi connectivity index (χ3v) is 5.17. The Hall–Kier alpha value is -2.96. The SMILES string of the molecule is CCOC(=O)c1sc(NC(=O)Cn2nc(C(F)F)cc2C(F)F)c(C(=O)OC(C)C)c1C. The molecule has 0 bridgehead atoms. The lowest BCUT2D eigenvalue weighted by molar-refractivity contribution is -0.117. The van der Waals surface area contributed by atoms with Gasteiger partial charge in [-0.1, -0.05) is 0 Å². The first-order valence-corrected chi connectivity index (χ1v) is 10.2. The molecule has 0 aliphatic carbocycles. The van der Waals surface area contributed by atoms with Gasteiger partial charge in [-0.15, -0.1) is 11.3 Å². The smallest absolute Gasteiger partial charge is 0.348 e. The molecule has 32 heavy (non-hydrogen) atoms. The topological polar surface area (TPSA) is 99.5 Å². The van der Waals surface area contributed by atoms with E-state index >= 15 is 0 Å². The van der Waals surface area contributed by atoms with Crippen LogP contribution in [-0.2, 0) is 20.8 Å². The largest absolute Gasteiger partial charge is 0.462 e. The van der Waals surface area contributed by atoms with Gasteiger partial charge in [0.05, 0.1) is 18.3 Å². The molecule has 0 saturated heterocycles. The van der Waals surface area contributed by atoms with E-state index in [4.69, 9.17) is 9.47 Å². The lowest BCUT2D eigenvalue weighted by atomic mass is 10.1. The van der Waals surface area contributed by atoms with Crippen LogP contribution < -0.4 is 5.32 Å². The van der Waals surface area contributed by atoms with Crippen LogP contribution in [0.3, 0.4) is 0 Å². The predicted molar refractivity (Wildman–Crippen MR) is 106 cm³/mol. The molecule has 0 fully saturated rings. The lowest BCUT2D eigenvalue weighted by Crippen LogP contribution is -2.22. The Morgan fingerprint density at radius 1 is 1.16 bits per heavy atom. The quantitative estimate of drug-likeness (QED) is 0.420. The third kappa shape index (κ3) is 5.84. The fraction of sp³-hybridized carbons (Fsp3) is 0.474. The van der Waals surface area contributed by atoms with Gasteiger partial charge < -0.3 is 14.8 Å². The van der Waals surface area contributed by atoms with Gasteiger partial charge in [0.2, 0.25) is 5.91 Å². The minimum absolute atomic E-state index is 0.0465. The van der Waals surface area contributed by atoms with Gasteiger partial charge in [0.1, 0.15) is 27.8 Å². The molecule has 0 atom stereocenters. The Balaban J connectivity index is 2.37. The molecule has 8 nitrogen and oxygen atoms in total. The van der Waals surface area contributed by atoms with E-state index in [0.29, 0.717) is 10.7 Å². The van der Waals surface area contributed by atoms with Crippen LogP contribution >= 0.6 is 11.3 Å². The highest BCUT2D eigenvalue weighted by molar-refractivity contribution is 7.18. The molecule has 1 N–H and O–H groups in total. The molecular formula is C19H21F4N3O5S. The molecule has 0 aromatic carbocycles. The Labute approximate surface area is 184 Å². The van der Waals surface area contributed by atoms with E-state index in [1.807, 2.05) is 0 Å². The van der Waals surface area contributed by atoms with Gasteiger partial charge in [-0.05, 0) is 39.3 Å². The molecular weight excluding hydrogens is 458 g/mol. The summed E-state index contributed by atoms with van der Waals surface area (Å²) in [6, 6.07) is 0.516. The first-order chi connectivity index (χ1) is 15.0. The van der Waals surface area contributed by atoms with Gasteiger partial charge >= 0.3 is 11.9 Å². The fourth-order valence-electron chi connectivity index (χ4n) is 2.67. The van der Waals surface area contributed by atoms with Gasteiger partial charge in [0, 0.05) is 0 Å². The minimum atomic E-state index is -3.14. The van der Waals surface area contributed by atoms with Gasteiger partial charge in [0.25, 0.3) is 12.9 Å². The molecule has 0 saturated carbocycles. The molecule has 0 radical (unpaired) electrons. The number of nitrogens with one attached hydrogen (secondary N) is 1. The Kier molecular flexibility index (Phi) is 8.36. The molecule has 1 amide bonds. The number of alkyl halides is 4. The first-order valence-electron chi connectivity index (χ1n) is 9.41. The van der Waals surface area contributed by atoms with Crippen molar-refractivity contribution in [1.82, 2.24) is 9.78 Å². The number of carbonyl (C=O) groups excluding carboxylic acids is 3. The van der Waals surface area contributed by atoms with Crippen molar-refractivity contribution in [1.29, 1.82) is 0 Å². The number of thiophene rings is 1. The standard InChI is InChI=1S/C19H21F4N3O5S/c1-5-30-19(29)14-9(4)13(18(28)31-8(2)3)17(32-14)24-12(27)7-26-11(16(22)23)6-10(25-26)15(20)21/h6,8,15-16H,5,7H2,1-4H3,(H,24,27). The number of hydrogen-bond acceptors (Lipinski definition) is 7. The first kappa shape index (κ1) is 25.3. The summed E-state index contributed by atoms with van der Waals surface area (Å²) in [5.41, 5.74) is -1.64. The number of carbonyl (C=O) groups is 3. The molecule has 2 rings (SSSR count). The van der Waals surface area contributed by atoms with Crippen LogP contribution in [0.5, 0.6) is 0 Å². The van der Waals surface area contributed by atoms with Crippen molar-refractivity contribution in [2.24, 2.45) is 0 Å². The van der Waals surface area contributed by atoms with Crippen LogP contribution in [0, 0.1) is 6.92 Å². The van der Waals surface area contributed by atoms with E-state index in [1.165, 1.54) is 6.92 Å². The van der Waals surface area contributed by atoms with Gasteiger partial charge in [-0.2, -0.15) is 5.10 Å². The highest BCUT2D eigenvalue weighted by Gasteiger charge is 2.29. The lowest BCUT2D eigenvalue weighted by Gasteiger charge is -2.11. The van der Waals surface area contributed by atoms with E-state index in [0.717, 1.165) is 11.3 Å². The Morgan fingerprint density at radius 2 is 1.81 bits per heavy atom. The number of ether oxygens (including phenoxy) is 2. The van der Waals surface area contributed by atoms with Crippen LogP contribution in [-0.4, -0.2) is 40.3 Å². The summed E-state index contributed by atoms with van der Waals surface area (Å²) >= 11 is 0.744. The summed E-state index contributed by atoms with van der Waals surface area (Å²) in [7, 11) is 0. The molecule has 13 heteroatoms. The highest BCUT2D eigenvalue weighted by atomic mass is 32.1. The van der Waals surface area contributed by atoms with Crippen molar-refractivity contribution in [2.75, 3.05) is 11.9 Å². The summed E-state index contributed by atoms with van der Waals surface area (Å²) in [6.07, 6.45) is -6.73. The van der Waals surface area contributed by atoms with Crippen molar-refractivity contribution in [3.63, 3.8) is 0 Å². The summed E-state index contributed by atoms with van der Waals surface area (Å²) in [5, 5.41) is 5.63. The molecule has 0 aliphatic rings. The fourth-order valence-corrected chi connectivity index (χ4v) is 3.78. The second kappa shape index (κ2) is 10.6. The maximum Gasteiger partial charge on any atom is 0.348 e. The van der Waals surface area contributed by atoms with Crippen molar-refractivity contribution in [2.45, 2.75) is 53.2 Å². The highest BCUT2D eigenvalue weighted by Crippen LogP contribution is 2.35. The number of amides is 1. The molecule has 2 aromatic rings. The summed E-state index contributed by atoms with van der Waals surface area (Å²) in [5.74, 6) is -2.46. The van der Waals surface area contributed by atoms with Gasteiger partial charge in [-0.25, -0.2) is 27.2 Å². The molecule has 2 heterocycles. The molecule has 176 valence electrons. The molecule has 2 aromatic heterocycles. The van der Waals surface area contributed by atoms with Crippen LogP contribution in [0.2, 0.25) is 0 Å². The molecule has 0 unspecified atom stereocenters. The summed E-state index contributed by atoms with van der Waals surface area (Å²) in [4.78, 5) is 37.3. The number of halogens is 4. The number of anilines is 1. The summed E-state index contributed by atoms with van der Waals surface area (Å²) < 4.78 is 62.5. The minimum Gasteiger partial charge on any atom is -0.462 e. The zero-order chi connectivity index (χ0) is 24.2. The van der Waals surface area contributed by atoms with Crippen molar-refractivity contribution >= 4 is 34.2 Å². The van der Waals surface area contributed by atoms with E-state index < -0.39 is 54.7 Å². The van der Waals surface area contributed by atoms with Crippen LogP contribution in [0.4, 0.5) is 22.6 Å². The summed E-state index contributed by atoms with van der Waals surface area (Å²) in [6.45, 7) is 5.52. The van der Waals surface area contributed by atoms with E-state index in [9.17, 15) is 31.9 Å². The average molecular weight is 479 g/mol. The van der Waals surface area contributed by atoms with Crippen LogP contribution in [0.15, 0.2) is 6.07 Å². The van der Waals surface area contributed by atoms with E-state index in [1.54, 1.807) is 20.8 Å². The van der Waals surface area contributed by atoms with Gasteiger partial charge in [0.15, 0.2) is 0 Å². The van der Waals surface area contributed by atoms with Crippen molar-refractivity contribution in [3.05, 3.63) is 33.5 Å². The number of rotatable bonds is 9. The Bertz CT molecular complexity index is 1000. The third-order valence-electron chi connectivity index (χ3n) is 3.98. The average Bonchev–Trinajstić information content (AvgIpc) is 3.22. The van der Waals surface area contributed by atoms with Crippen LogP contribution in [0.1, 0.15) is 70.6 Å². The molecule has 0 spiro atoms. The number of nitrogens with zero attached hydrogens (tertiary/aromatic N) is 2. The van der Waals surface area contributed by atoms with Crippen molar-refractivity contribution < 1.29 is 41.4 Å². The van der Waals surface area contributed by atoms with E-state index in [2.05, 4.69) is 10.4 Å². The second-order valence-corrected chi connectivity index (χ2v) is 7.76. The van der Waals surface area contributed by atoms with Crippen LogP contribution in [0.25, 0.3) is 0 Å². The maximum absolute atomic E-state index is 13.1. The number of hydrogen-bond donors (Lipinski definition) is 1. The maximum atomic E-state index is 13.1. The second-order valence-electron chi connectivity index (χ2n) is 6.74. The van der Waals surface area contributed by atoms with Gasteiger partial charge in [-0.3, -0.25) is 9.48 Å².